The van der Waals surface area contributed by atoms with Gasteiger partial charge in [0.05, 0.1) is 11.3 Å². The summed E-state index contributed by atoms with van der Waals surface area (Å²) in [6, 6.07) is 10.4. The van der Waals surface area contributed by atoms with E-state index < -0.39 is 12.1 Å². The third-order valence-corrected chi connectivity index (χ3v) is 3.85. The number of carbonyl (C=O) groups is 1. The molecule has 3 aromatic rings. The van der Waals surface area contributed by atoms with Crippen LogP contribution in [0.4, 0.5) is 0 Å². The van der Waals surface area contributed by atoms with Gasteiger partial charge in [-0.15, -0.1) is 0 Å². The van der Waals surface area contributed by atoms with Crippen molar-refractivity contribution in [2.24, 2.45) is 0 Å². The number of H-pyrrole nitrogens is 1. The molecule has 0 radical (unpaired) electrons. The Morgan fingerprint density at radius 1 is 1.28 bits per heavy atom. The molecular formula is C18H18N4O3. The molecule has 1 aromatic carbocycles. The van der Waals surface area contributed by atoms with E-state index in [1.165, 1.54) is 12.4 Å². The number of nitrogens with one attached hydrogen (secondary N) is 1. The lowest BCUT2D eigenvalue weighted by Crippen LogP contribution is -2.15. The van der Waals surface area contributed by atoms with Crippen LogP contribution < -0.4 is 5.56 Å². The van der Waals surface area contributed by atoms with Crippen molar-refractivity contribution in [1.29, 1.82) is 0 Å². The van der Waals surface area contributed by atoms with Gasteiger partial charge in [-0.25, -0.2) is 14.5 Å². The number of pyridine rings is 1. The molecule has 128 valence electrons. The third kappa shape index (κ3) is 3.82. The summed E-state index contributed by atoms with van der Waals surface area (Å²) in [6.45, 7) is 3.69. The van der Waals surface area contributed by atoms with Gasteiger partial charge in [-0.1, -0.05) is 19.1 Å². The first kappa shape index (κ1) is 16.6. The fourth-order valence-corrected chi connectivity index (χ4v) is 2.45. The molecule has 2 heterocycles. The summed E-state index contributed by atoms with van der Waals surface area (Å²) in [5.41, 5.74) is 2.35. The number of aromatic amines is 1. The van der Waals surface area contributed by atoms with E-state index >= 15 is 0 Å². The highest BCUT2D eigenvalue weighted by molar-refractivity contribution is 5.89. The molecule has 0 aliphatic rings. The molecule has 0 spiro atoms. The maximum atomic E-state index is 12.3. The van der Waals surface area contributed by atoms with Crippen LogP contribution in [0.1, 0.15) is 41.6 Å². The number of benzene rings is 1. The standard InChI is InChI=1S/C18H18N4O3/c1-3-15-8-14(9-17(23)21-15)18(24)25-12(2)13-4-6-16(7-5-13)22-11-19-10-20-22/h4-12H,3H2,1-2H3,(H,21,23). The molecule has 0 saturated heterocycles. The van der Waals surface area contributed by atoms with Crippen molar-refractivity contribution in [2.45, 2.75) is 26.4 Å². The van der Waals surface area contributed by atoms with Crippen LogP contribution in [0, 0.1) is 0 Å². The van der Waals surface area contributed by atoms with Crippen molar-refractivity contribution in [3.8, 4) is 5.69 Å². The van der Waals surface area contributed by atoms with Crippen LogP contribution in [-0.4, -0.2) is 25.7 Å². The van der Waals surface area contributed by atoms with E-state index in [0.717, 1.165) is 11.3 Å². The van der Waals surface area contributed by atoms with Crippen molar-refractivity contribution >= 4 is 5.97 Å². The number of esters is 1. The Bertz CT molecular complexity index is 914. The van der Waals surface area contributed by atoms with Gasteiger partial charge in [0, 0.05) is 11.8 Å². The van der Waals surface area contributed by atoms with Crippen molar-refractivity contribution in [3.63, 3.8) is 0 Å². The van der Waals surface area contributed by atoms with Gasteiger partial charge in [0.15, 0.2) is 0 Å². The van der Waals surface area contributed by atoms with Crippen molar-refractivity contribution < 1.29 is 9.53 Å². The summed E-state index contributed by atoms with van der Waals surface area (Å²) in [5.74, 6) is -0.520. The Labute approximate surface area is 144 Å². The number of ether oxygens (including phenoxy) is 1. The zero-order chi connectivity index (χ0) is 17.8. The van der Waals surface area contributed by atoms with E-state index in [1.807, 2.05) is 31.2 Å². The number of aromatic nitrogens is 4. The number of carbonyl (C=O) groups excluding carboxylic acids is 1. The minimum absolute atomic E-state index is 0.256. The molecule has 0 aliphatic heterocycles. The largest absolute Gasteiger partial charge is 0.454 e. The van der Waals surface area contributed by atoms with Gasteiger partial charge < -0.3 is 9.72 Å². The van der Waals surface area contributed by atoms with Gasteiger partial charge in [0.25, 0.3) is 0 Å². The third-order valence-electron chi connectivity index (χ3n) is 3.85. The second-order valence-corrected chi connectivity index (χ2v) is 5.59. The molecule has 1 atom stereocenters. The lowest BCUT2D eigenvalue weighted by atomic mass is 10.1. The molecule has 0 bridgehead atoms. The molecule has 25 heavy (non-hydrogen) atoms. The maximum Gasteiger partial charge on any atom is 0.338 e. The maximum absolute atomic E-state index is 12.3. The highest BCUT2D eigenvalue weighted by Gasteiger charge is 2.15. The summed E-state index contributed by atoms with van der Waals surface area (Å²) in [5, 5.41) is 4.06. The van der Waals surface area contributed by atoms with E-state index in [2.05, 4.69) is 15.1 Å². The monoisotopic (exact) mass is 338 g/mol. The van der Waals surface area contributed by atoms with Crippen LogP contribution in [0.5, 0.6) is 0 Å². The second-order valence-electron chi connectivity index (χ2n) is 5.59. The molecule has 2 aromatic heterocycles. The van der Waals surface area contributed by atoms with Crippen LogP contribution in [-0.2, 0) is 11.2 Å². The molecule has 7 nitrogen and oxygen atoms in total. The van der Waals surface area contributed by atoms with Crippen LogP contribution >= 0.6 is 0 Å². The Kier molecular flexibility index (Phi) is 4.74. The Morgan fingerprint density at radius 2 is 2.04 bits per heavy atom. The van der Waals surface area contributed by atoms with Crippen molar-refractivity contribution in [1.82, 2.24) is 19.7 Å². The van der Waals surface area contributed by atoms with E-state index in [1.54, 1.807) is 24.0 Å². The van der Waals surface area contributed by atoms with E-state index in [0.29, 0.717) is 12.1 Å². The molecule has 1 N–H and O–H groups in total. The molecule has 3 rings (SSSR count). The number of nitrogens with zero attached hydrogens (tertiary/aromatic N) is 3. The lowest BCUT2D eigenvalue weighted by molar-refractivity contribution is 0.0337. The molecule has 1 unspecified atom stereocenters. The molecule has 0 amide bonds. The first-order valence-corrected chi connectivity index (χ1v) is 7.96. The SMILES string of the molecule is CCc1cc(C(=O)OC(C)c2ccc(-n3cncn3)cc2)cc(=O)[nH]1. The Balaban J connectivity index is 1.73. The summed E-state index contributed by atoms with van der Waals surface area (Å²) < 4.78 is 7.12. The highest BCUT2D eigenvalue weighted by Crippen LogP contribution is 2.20. The summed E-state index contributed by atoms with van der Waals surface area (Å²) in [6.07, 6.45) is 3.26. The predicted octanol–water partition coefficient (Wildman–Crippen LogP) is 2.44. The van der Waals surface area contributed by atoms with Crippen LogP contribution in [0.2, 0.25) is 0 Å². The zero-order valence-corrected chi connectivity index (χ0v) is 14.0. The van der Waals surface area contributed by atoms with Gasteiger partial charge in [0.2, 0.25) is 5.56 Å². The smallest absolute Gasteiger partial charge is 0.338 e. The van der Waals surface area contributed by atoms with Gasteiger partial charge >= 0.3 is 5.97 Å². The average Bonchev–Trinajstić information content (AvgIpc) is 3.15. The van der Waals surface area contributed by atoms with Crippen LogP contribution in [0.25, 0.3) is 5.69 Å². The first-order valence-electron chi connectivity index (χ1n) is 7.96. The average molecular weight is 338 g/mol. The van der Waals surface area contributed by atoms with Crippen molar-refractivity contribution in [3.05, 3.63) is 76.2 Å². The number of aryl methyl sites for hydroxylation is 1. The lowest BCUT2D eigenvalue weighted by Gasteiger charge is -2.14. The van der Waals surface area contributed by atoms with E-state index in [9.17, 15) is 9.59 Å². The minimum atomic E-state index is -0.520. The summed E-state index contributed by atoms with van der Waals surface area (Å²) >= 11 is 0. The van der Waals surface area contributed by atoms with Gasteiger partial charge in [0.1, 0.15) is 18.8 Å². The fourth-order valence-electron chi connectivity index (χ4n) is 2.45. The number of rotatable bonds is 5. The van der Waals surface area contributed by atoms with Crippen LogP contribution in [0.3, 0.4) is 0 Å². The molecule has 0 aliphatic carbocycles. The topological polar surface area (TPSA) is 89.9 Å². The predicted molar refractivity (Wildman–Crippen MR) is 91.6 cm³/mol. The fraction of sp³-hybridized carbons (Fsp3) is 0.222. The van der Waals surface area contributed by atoms with E-state index in [-0.39, 0.29) is 11.1 Å². The summed E-state index contributed by atoms with van der Waals surface area (Å²) in [4.78, 5) is 30.5. The van der Waals surface area contributed by atoms with Gasteiger partial charge in [-0.05, 0) is 37.1 Å². The van der Waals surface area contributed by atoms with Crippen LogP contribution in [0.15, 0.2) is 53.8 Å². The zero-order valence-electron chi connectivity index (χ0n) is 14.0. The van der Waals surface area contributed by atoms with E-state index in [4.69, 9.17) is 4.74 Å². The first-order chi connectivity index (χ1) is 12.1. The second kappa shape index (κ2) is 7.12. The van der Waals surface area contributed by atoms with Gasteiger partial charge in [-0.2, -0.15) is 5.10 Å². The van der Waals surface area contributed by atoms with Crippen molar-refractivity contribution in [2.75, 3.05) is 0 Å². The Hall–Kier alpha value is -3.22. The Morgan fingerprint density at radius 3 is 2.68 bits per heavy atom. The molecule has 7 heteroatoms. The normalized spacial score (nSPS) is 11.9. The van der Waals surface area contributed by atoms with Gasteiger partial charge in [-0.3, -0.25) is 4.79 Å². The highest BCUT2D eigenvalue weighted by atomic mass is 16.5. The minimum Gasteiger partial charge on any atom is -0.454 e. The number of hydrogen-bond donors (Lipinski definition) is 1. The molecular weight excluding hydrogens is 320 g/mol. The number of hydrogen-bond acceptors (Lipinski definition) is 5. The molecule has 0 fully saturated rings. The summed E-state index contributed by atoms with van der Waals surface area (Å²) in [7, 11) is 0. The molecule has 0 saturated carbocycles. The quantitative estimate of drug-likeness (QED) is 0.722.